The molecule has 2 N–H and O–H groups in total. The van der Waals surface area contributed by atoms with Crippen molar-refractivity contribution in [3.05, 3.63) is 58.7 Å². The highest BCUT2D eigenvalue weighted by atomic mass is 35.5. The molecule has 3 rings (SSSR count). The maximum atomic E-state index is 12.0. The Morgan fingerprint density at radius 1 is 1.46 bits per heavy atom. The van der Waals surface area contributed by atoms with E-state index in [0.717, 1.165) is 19.5 Å². The standard InChI is InChI=1S/C17H17ClN4O2/c18-16-7-15(20-11-21-16)17(24)19-8-14(23)10-22-6-5-12-3-1-2-4-13(12)9-22/h1,3-4,7,11,14,23H,5-6,8-10H2/p+1/t14-/m0/s1. The van der Waals surface area contributed by atoms with Crippen molar-refractivity contribution in [3.63, 3.8) is 0 Å². The van der Waals surface area contributed by atoms with Crippen LogP contribution in [-0.4, -0.2) is 58.2 Å². The molecule has 0 saturated heterocycles. The number of halogens is 1. The van der Waals surface area contributed by atoms with Crippen molar-refractivity contribution in [1.82, 2.24) is 20.2 Å². The van der Waals surface area contributed by atoms with E-state index >= 15 is 0 Å². The summed E-state index contributed by atoms with van der Waals surface area (Å²) < 4.78 is 0. The number of carbonyl (C=O) groups is 1. The summed E-state index contributed by atoms with van der Waals surface area (Å²) in [6.45, 7) is 2.34. The molecule has 0 unspecified atom stereocenters. The fraction of sp³-hybridized carbons (Fsp3) is 0.353. The highest BCUT2D eigenvalue weighted by Crippen LogP contribution is 2.22. The molecule has 1 atom stereocenters. The molecule has 1 amide bonds. The Kier molecular flexibility index (Phi) is 5.33. The molecule has 0 bridgehead atoms. The molecule has 1 aliphatic carbocycles. The number of allylic oxidation sites excluding steroid dienone is 3. The molecule has 0 saturated carbocycles. The summed E-state index contributed by atoms with van der Waals surface area (Å²) in [6.07, 6.45) is 10.6. The second kappa shape index (κ2) is 7.64. The summed E-state index contributed by atoms with van der Waals surface area (Å²) in [5, 5.41) is 13.0. The molecular weight excluding hydrogens is 328 g/mol. The van der Waals surface area contributed by atoms with Gasteiger partial charge in [-0.3, -0.25) is 9.69 Å². The monoisotopic (exact) mass is 345 g/mol. The van der Waals surface area contributed by atoms with Gasteiger partial charge in [0.2, 0.25) is 0 Å². The summed E-state index contributed by atoms with van der Waals surface area (Å²) in [7, 11) is 0. The van der Waals surface area contributed by atoms with Gasteiger partial charge in [-0.1, -0.05) is 11.6 Å². The predicted octanol–water partition coefficient (Wildman–Crippen LogP) is 1.15. The number of nitrogens with zero attached hydrogens (tertiary/aromatic N) is 3. The number of carbonyl (C=O) groups excluding carboxylic acids is 1. The van der Waals surface area contributed by atoms with E-state index in [-0.39, 0.29) is 23.3 Å². The van der Waals surface area contributed by atoms with Crippen LogP contribution in [0.3, 0.4) is 0 Å². The Morgan fingerprint density at radius 2 is 2.33 bits per heavy atom. The van der Waals surface area contributed by atoms with E-state index in [4.69, 9.17) is 11.6 Å². The van der Waals surface area contributed by atoms with Gasteiger partial charge in [0.15, 0.2) is 0 Å². The molecule has 0 spiro atoms. The Hall–Kier alpha value is -2.11. The van der Waals surface area contributed by atoms with Crippen molar-refractivity contribution in [3.8, 4) is 0 Å². The molecule has 1 aliphatic heterocycles. The molecule has 124 valence electrons. The van der Waals surface area contributed by atoms with Gasteiger partial charge in [0, 0.05) is 38.2 Å². The number of β-amino-alcohol motifs (C(OH)–C–C–N with tert-alkyl or cyclic N) is 1. The van der Waals surface area contributed by atoms with Crippen LogP contribution in [0.5, 0.6) is 0 Å². The SMILES string of the molecule is O=C(NC[C@H](O)CN1CCC2=C(C=[C+]C=C2)C1)c1cc(Cl)ncn1. The number of aliphatic hydroxyl groups is 1. The van der Waals surface area contributed by atoms with Crippen molar-refractivity contribution in [2.24, 2.45) is 0 Å². The third-order valence-corrected chi connectivity index (χ3v) is 4.18. The molecule has 7 heteroatoms. The number of hydrogen-bond acceptors (Lipinski definition) is 5. The number of aromatic nitrogens is 2. The van der Waals surface area contributed by atoms with Crippen molar-refractivity contribution >= 4 is 17.5 Å². The smallest absolute Gasteiger partial charge is 0.270 e. The summed E-state index contributed by atoms with van der Waals surface area (Å²) in [5.74, 6) is -0.378. The molecule has 1 aromatic rings. The highest BCUT2D eigenvalue weighted by molar-refractivity contribution is 6.29. The van der Waals surface area contributed by atoms with Gasteiger partial charge < -0.3 is 10.4 Å². The van der Waals surface area contributed by atoms with Crippen LogP contribution in [0.4, 0.5) is 0 Å². The summed E-state index contributed by atoms with van der Waals surface area (Å²) >= 11 is 5.73. The number of nitrogens with one attached hydrogen (secondary N) is 1. The lowest BCUT2D eigenvalue weighted by molar-refractivity contribution is 0.0861. The second-order valence-electron chi connectivity index (χ2n) is 5.77. The first-order chi connectivity index (χ1) is 11.6. The van der Waals surface area contributed by atoms with E-state index in [0.29, 0.717) is 6.54 Å². The lowest BCUT2D eigenvalue weighted by atomic mass is 9.96. The van der Waals surface area contributed by atoms with E-state index in [2.05, 4.69) is 32.3 Å². The maximum Gasteiger partial charge on any atom is 0.270 e. The third kappa shape index (κ3) is 4.24. The van der Waals surface area contributed by atoms with Crippen LogP contribution in [0.2, 0.25) is 5.15 Å². The van der Waals surface area contributed by atoms with E-state index in [9.17, 15) is 9.90 Å². The van der Waals surface area contributed by atoms with E-state index in [1.165, 1.54) is 23.5 Å². The zero-order valence-corrected chi connectivity index (χ0v) is 13.8. The minimum atomic E-state index is -0.652. The predicted molar refractivity (Wildman–Crippen MR) is 90.4 cm³/mol. The Balaban J connectivity index is 1.47. The van der Waals surface area contributed by atoms with Crippen LogP contribution in [0, 0.1) is 6.08 Å². The van der Waals surface area contributed by atoms with Gasteiger partial charge in [-0.2, -0.15) is 0 Å². The molecule has 0 fully saturated rings. The minimum Gasteiger partial charge on any atom is -0.390 e. The van der Waals surface area contributed by atoms with Crippen LogP contribution < -0.4 is 5.32 Å². The van der Waals surface area contributed by atoms with Crippen molar-refractivity contribution in [2.75, 3.05) is 26.2 Å². The number of amides is 1. The molecule has 2 heterocycles. The average Bonchev–Trinajstić information content (AvgIpc) is 2.59. The van der Waals surface area contributed by atoms with E-state index in [1.807, 2.05) is 12.2 Å². The van der Waals surface area contributed by atoms with Gasteiger partial charge in [0.1, 0.15) is 29.3 Å². The van der Waals surface area contributed by atoms with Gasteiger partial charge in [0.05, 0.1) is 29.9 Å². The first kappa shape index (κ1) is 16.7. The Labute approximate surface area is 145 Å². The quantitative estimate of drug-likeness (QED) is 0.618. The average molecular weight is 346 g/mol. The van der Waals surface area contributed by atoms with Crippen molar-refractivity contribution < 1.29 is 9.90 Å². The van der Waals surface area contributed by atoms with Crippen LogP contribution in [0.15, 0.2) is 41.8 Å². The molecular formula is C17H18ClN4O2+. The van der Waals surface area contributed by atoms with Crippen molar-refractivity contribution in [1.29, 1.82) is 0 Å². The molecule has 1 aromatic heterocycles. The fourth-order valence-electron chi connectivity index (χ4n) is 2.76. The number of aliphatic hydroxyl groups excluding tert-OH is 1. The highest BCUT2D eigenvalue weighted by Gasteiger charge is 2.24. The van der Waals surface area contributed by atoms with Gasteiger partial charge >= 0.3 is 0 Å². The molecule has 2 aliphatic rings. The summed E-state index contributed by atoms with van der Waals surface area (Å²) in [6, 6.07) is 1.39. The topological polar surface area (TPSA) is 78.4 Å². The van der Waals surface area contributed by atoms with Gasteiger partial charge in [-0.05, 0) is 0 Å². The molecule has 0 radical (unpaired) electrons. The summed E-state index contributed by atoms with van der Waals surface area (Å²) in [5.41, 5.74) is 2.77. The normalized spacial score (nSPS) is 18.1. The number of rotatable bonds is 5. The lowest BCUT2D eigenvalue weighted by Gasteiger charge is -2.27. The minimum absolute atomic E-state index is 0.157. The Morgan fingerprint density at radius 3 is 3.17 bits per heavy atom. The van der Waals surface area contributed by atoms with Gasteiger partial charge in [-0.15, -0.1) is 0 Å². The zero-order chi connectivity index (χ0) is 16.9. The number of hydrogen-bond donors (Lipinski definition) is 2. The lowest BCUT2D eigenvalue weighted by Crippen LogP contribution is -2.42. The van der Waals surface area contributed by atoms with Gasteiger partial charge in [-0.25, -0.2) is 9.97 Å². The fourth-order valence-corrected chi connectivity index (χ4v) is 2.91. The third-order valence-electron chi connectivity index (χ3n) is 3.98. The van der Waals surface area contributed by atoms with Crippen molar-refractivity contribution in [2.45, 2.75) is 12.5 Å². The van der Waals surface area contributed by atoms with Crippen LogP contribution in [0.1, 0.15) is 16.9 Å². The van der Waals surface area contributed by atoms with Crippen LogP contribution >= 0.6 is 11.6 Å². The van der Waals surface area contributed by atoms with E-state index in [1.54, 1.807) is 0 Å². The first-order valence-corrected chi connectivity index (χ1v) is 8.13. The van der Waals surface area contributed by atoms with Crippen LogP contribution in [0.25, 0.3) is 0 Å². The van der Waals surface area contributed by atoms with E-state index < -0.39 is 6.10 Å². The molecule has 24 heavy (non-hydrogen) atoms. The zero-order valence-electron chi connectivity index (χ0n) is 13.1. The maximum absolute atomic E-state index is 12.0. The molecule has 0 aromatic carbocycles. The summed E-state index contributed by atoms with van der Waals surface area (Å²) in [4.78, 5) is 21.7. The largest absolute Gasteiger partial charge is 0.390 e. The van der Waals surface area contributed by atoms with Gasteiger partial charge in [0.25, 0.3) is 5.91 Å². The molecule has 6 nitrogen and oxygen atoms in total. The second-order valence-corrected chi connectivity index (χ2v) is 6.16. The first-order valence-electron chi connectivity index (χ1n) is 7.76. The van der Waals surface area contributed by atoms with Crippen LogP contribution in [-0.2, 0) is 0 Å². The Bertz CT molecular complexity index is 714.